The topological polar surface area (TPSA) is 166 Å². The number of aryl methyl sites for hydroxylation is 3. The van der Waals surface area contributed by atoms with E-state index in [1.165, 1.54) is 40.2 Å². The van der Waals surface area contributed by atoms with Crippen molar-refractivity contribution in [1.29, 1.82) is 0 Å². The Hall–Kier alpha value is -7.07. The molecule has 0 aliphatic carbocycles. The molecule has 10 aromatic carbocycles. The number of allylic oxidation sites excluding steroid dienone is 2. The summed E-state index contributed by atoms with van der Waals surface area (Å²) in [4.78, 5) is 36.2. The first-order valence-electron chi connectivity index (χ1n) is 38.9. The van der Waals surface area contributed by atoms with E-state index in [1.54, 1.807) is 19.1 Å². The van der Waals surface area contributed by atoms with E-state index in [2.05, 4.69) is 141 Å². The van der Waals surface area contributed by atoms with Crippen molar-refractivity contribution >= 4 is 115 Å². The van der Waals surface area contributed by atoms with Gasteiger partial charge >= 0.3 is 292 Å². The molecule has 1 N–H and O–H groups in total. The summed E-state index contributed by atoms with van der Waals surface area (Å²) in [5.41, 5.74) is 6.31. The minimum atomic E-state index is -10.7. The Morgan fingerprint density at radius 2 is 0.660 bits per heavy atom. The van der Waals surface area contributed by atoms with E-state index >= 15 is 0 Å². The third-order valence-electron chi connectivity index (χ3n) is 15.5. The first-order valence-corrected chi connectivity index (χ1v) is 68.2. The van der Waals surface area contributed by atoms with Gasteiger partial charge in [0, 0.05) is 75.3 Å². The van der Waals surface area contributed by atoms with E-state index in [0.29, 0.717) is 55.5 Å². The van der Waals surface area contributed by atoms with Crippen LogP contribution in [0, 0.1) is 56.5 Å². The van der Waals surface area contributed by atoms with Crippen LogP contribution in [-0.2, 0) is 0 Å². The van der Waals surface area contributed by atoms with Gasteiger partial charge in [-0.3, -0.25) is 0 Å². The van der Waals surface area contributed by atoms with Crippen molar-refractivity contribution in [2.24, 2.45) is 0 Å². The van der Waals surface area contributed by atoms with Crippen molar-refractivity contribution < 1.29 is 259 Å². The summed E-state index contributed by atoms with van der Waals surface area (Å²) in [7, 11) is -21.3. The van der Waals surface area contributed by atoms with Gasteiger partial charge in [-0.2, -0.15) is 0 Å². The van der Waals surface area contributed by atoms with Gasteiger partial charge in [0.05, 0.1) is 32.5 Å². The van der Waals surface area contributed by atoms with Crippen molar-refractivity contribution in [3.63, 3.8) is 0 Å². The maximum atomic E-state index is 12.3. The molecule has 1 aliphatic rings. The van der Waals surface area contributed by atoms with Crippen molar-refractivity contribution in [2.45, 2.75) is 68.4 Å². The molecule has 1 aliphatic heterocycles. The quantitative estimate of drug-likeness (QED) is 0.0297. The second-order valence-corrected chi connectivity index (χ2v) is 56.7. The van der Waals surface area contributed by atoms with Gasteiger partial charge in [0.2, 0.25) is 7.14 Å². The molecule has 3 aromatic heterocycles. The Morgan fingerprint density at radius 3 is 0.993 bits per heavy atom. The van der Waals surface area contributed by atoms with Crippen LogP contribution in [0.5, 0.6) is 34.5 Å². The molecule has 4 heterocycles. The Morgan fingerprint density at radius 1 is 0.362 bits per heavy atom. The zero-order chi connectivity index (χ0) is 104. The van der Waals surface area contributed by atoms with Crippen molar-refractivity contribution in [3.8, 4) is 34.5 Å². The molecule has 0 fully saturated rings. The van der Waals surface area contributed by atoms with E-state index in [0.717, 1.165) is 80.0 Å². The molecule has 0 radical (unpaired) electrons. The predicted octanol–water partition coefficient (Wildman–Crippen LogP) is 5.92. The van der Waals surface area contributed by atoms with Crippen LogP contribution in [0.3, 0.4) is 0 Å². The summed E-state index contributed by atoms with van der Waals surface area (Å²) < 4.78 is 329. The number of fused-ring (bicyclic) bond motifs is 4. The van der Waals surface area contributed by atoms with Crippen LogP contribution in [0.4, 0.5) is 92.6 Å². The zero-order valence-electron chi connectivity index (χ0n) is 73.8. The van der Waals surface area contributed by atoms with Crippen LogP contribution < -0.4 is 165 Å². The van der Waals surface area contributed by atoms with Gasteiger partial charge in [0.1, 0.15) is 52.1 Å². The fourth-order valence-electron chi connectivity index (χ4n) is 10.6. The third-order valence-corrected chi connectivity index (χ3v) is 29.9. The summed E-state index contributed by atoms with van der Waals surface area (Å²) in [5.74, 6) is 5.54. The van der Waals surface area contributed by atoms with Gasteiger partial charge in [0.15, 0.2) is 32.9 Å². The van der Waals surface area contributed by atoms with Gasteiger partial charge in [0.25, 0.3) is 7.14 Å². The molecule has 0 saturated heterocycles. The summed E-state index contributed by atoms with van der Waals surface area (Å²) in [6.45, 7) is 24.2. The van der Waals surface area contributed by atoms with Crippen LogP contribution in [0.1, 0.15) is 63.8 Å². The van der Waals surface area contributed by atoms with E-state index in [-0.39, 0.29) is 94.6 Å². The van der Waals surface area contributed by atoms with Crippen LogP contribution in [0.25, 0.3) is 38.5 Å². The molecule has 13 aromatic rings. The first kappa shape index (κ1) is 130. The molecule has 141 heavy (non-hydrogen) atoms. The second-order valence-electron chi connectivity index (χ2n) is 27.3. The van der Waals surface area contributed by atoms with Crippen LogP contribution in [0.15, 0.2) is 289 Å². The number of aliphatic hydroxyl groups is 1. The fraction of sp³-hybridized carbons (Fsp3) is 0.170. The molecule has 782 valence electrons. The van der Waals surface area contributed by atoms with E-state index in [4.69, 9.17) is 46.8 Å². The third kappa shape index (κ3) is 60.6. The van der Waals surface area contributed by atoms with Gasteiger partial charge in [-0.15, -0.1) is 0 Å². The van der Waals surface area contributed by atoms with Crippen LogP contribution in [0.2, 0.25) is 0 Å². The Balaban J connectivity index is 0.000000550. The number of rotatable bonds is 21. The summed E-state index contributed by atoms with van der Waals surface area (Å²) >= 11 is -29.4. The zero-order valence-corrected chi connectivity index (χ0v) is 94.0. The molecule has 0 saturated carbocycles. The van der Waals surface area contributed by atoms with Gasteiger partial charge in [-0.05, 0) is 189 Å². The Labute approximate surface area is 851 Å². The van der Waals surface area contributed by atoms with Crippen molar-refractivity contribution in [2.75, 3.05) is 33.0 Å². The first-order chi connectivity index (χ1) is 63.1. The number of ether oxygens (including phenoxy) is 6. The standard InChI is InChI=1S/C19H18IO2.3C18H16IO3.C15H16IO2.2F6P.18FH.3Sb/c1-4-21-19-12-18-16(13(2)10-14(3)22-18)11-17(19)20-15-8-6-5-7-9-15;1-3-21-17-11-16-14(12(2)9-18(20)22-16)10-15(17)19-13-7-5-4-6-8-13;2*1-3-21-14-9-10-15-12(2)17(18(20)22-16(15)11-14)19-13-7-5-4-6-8-13;1-12(17)11-18-15-9-7-14(8-10-15)16-13-5-3-2-4-6-13;2*1-7(2,3,4,5)6;;;;;;;;;;;;;;;;;;;;;/h5-12H,3-4H2,1-2H3;3*4-11H,3H2,1-2H3;2-10,12,17H,11H2,1H3;;;18*1H;;;/q5*+1;2*-1;;;;;;;;;;;;;;;;;;;3*+5/p-18. The molecule has 53 heteroatoms. The average molecular weight is 2980 g/mol. The van der Waals surface area contributed by atoms with Gasteiger partial charge in [-0.1, -0.05) is 97.6 Å². The minimum absolute atomic E-state index is 0. The van der Waals surface area contributed by atoms with E-state index in [9.17, 15) is 107 Å². The monoisotopic (exact) mass is 2980 g/mol. The van der Waals surface area contributed by atoms with Gasteiger partial charge in [-0.25, -0.2) is 14.4 Å². The summed E-state index contributed by atoms with van der Waals surface area (Å²) in [6, 6.07) is 81.0. The number of aliphatic hydroxyl groups excluding tert-OH is 1. The fourth-order valence-corrected chi connectivity index (χ4v) is 22.6. The van der Waals surface area contributed by atoms with Crippen LogP contribution >= 0.6 is 15.6 Å². The van der Waals surface area contributed by atoms with E-state index in [1.807, 2.05) is 152 Å². The SMILES string of the molecule is C=C1C=C(C)c2cc([I+]c3ccccc3)c(OCC)cc2O1.CC(O)COc1ccc([I+]c2ccccc2)cc1.CCOc1cc2oc(=O)cc(C)c2cc1[I+]c1ccccc1.CCOc1ccc2c(C)c([I+]c3ccccc3)c(=O)oc2c1.CCOc1ccc2c(C)c([I+]c3ccccc3)c(=O)oc2c1.F[P-](F)(F)(F)(F)F.F[P-](F)(F)(F)(F)F.[F-].[F-].[F-].[F][Sb]([F])([F])([F])[F].[F][Sb]([F])([F])([F])[F].[F][Sb]([F])([F])([F])[F]. The molecule has 0 spiro atoms. The molecule has 13 nitrogen and oxygen atoms in total. The normalized spacial score (nSPS) is 13.4. The molecule has 0 amide bonds. The number of hydrogen-bond donors (Lipinski definition) is 1. The van der Waals surface area contributed by atoms with Crippen LogP contribution in [-0.4, -0.2) is 105 Å². The average Bonchev–Trinajstić information content (AvgIpc) is 0.802. The summed E-state index contributed by atoms with van der Waals surface area (Å²) in [6.07, 6.45) is 1.55. The van der Waals surface area contributed by atoms with Crippen molar-refractivity contribution in [3.05, 3.63) is 350 Å². The second kappa shape index (κ2) is 53.0. The number of benzene rings is 10. The molecule has 1 atom stereocenters. The van der Waals surface area contributed by atoms with E-state index < -0.39 is 125 Å². The molecule has 0 bridgehead atoms. The number of halogens is 35. The number of hydrogen-bond acceptors (Lipinski definition) is 13. The van der Waals surface area contributed by atoms with Crippen molar-refractivity contribution in [1.82, 2.24) is 0 Å². The Kier molecular flexibility index (Phi) is 48.9. The molecule has 1 unspecified atom stereocenters. The summed E-state index contributed by atoms with van der Waals surface area (Å²) in [5, 5.41) is 12.1. The molecular formula is C88H82F30I5O13P2Sb3. The predicted molar refractivity (Wildman–Crippen MR) is 460 cm³/mol. The maximum absolute atomic E-state index is 12.3. The molecule has 14 rings (SSSR count). The van der Waals surface area contributed by atoms with Gasteiger partial charge < -0.3 is 60.9 Å². The Bertz CT molecular complexity index is 6170. The molecular weight excluding hydrogens is 2900 g/mol.